The molecule has 0 aromatic heterocycles. The minimum absolute atomic E-state index is 0.00114. The molecule has 202 valence electrons. The van der Waals surface area contributed by atoms with E-state index in [-0.39, 0.29) is 26.9 Å². The summed E-state index contributed by atoms with van der Waals surface area (Å²) in [6.07, 6.45) is 4.86. The third-order valence-corrected chi connectivity index (χ3v) is 9.71. The van der Waals surface area contributed by atoms with Gasteiger partial charge in [-0.1, -0.05) is 53.5 Å². The van der Waals surface area contributed by atoms with Crippen molar-refractivity contribution >= 4 is 50.5 Å². The fraction of sp³-hybridized carbons (Fsp3) is 0.345. The zero-order chi connectivity index (χ0) is 27.4. The number of rotatable bonds is 8. The molecule has 3 aromatic rings. The Morgan fingerprint density at radius 3 is 2.16 bits per heavy atom. The second-order valence-electron chi connectivity index (χ2n) is 9.98. The Kier molecular flexibility index (Phi) is 8.91. The molecule has 0 bridgehead atoms. The van der Waals surface area contributed by atoms with E-state index in [0.29, 0.717) is 17.2 Å². The number of para-hydroxylation sites is 2. The van der Waals surface area contributed by atoms with Gasteiger partial charge in [-0.25, -0.2) is 8.42 Å². The molecular formula is C29H33Cl2N3O3S. The highest BCUT2D eigenvalue weighted by molar-refractivity contribution is 7.92. The van der Waals surface area contributed by atoms with Crippen molar-refractivity contribution in [2.45, 2.75) is 43.0 Å². The number of hydrogen-bond donors (Lipinski definition) is 1. The summed E-state index contributed by atoms with van der Waals surface area (Å²) >= 11 is 12.0. The molecule has 0 saturated heterocycles. The number of anilines is 2. The molecular weight excluding hydrogens is 541 g/mol. The van der Waals surface area contributed by atoms with Crippen molar-refractivity contribution in [3.05, 3.63) is 87.9 Å². The number of hydrogen-bond acceptors (Lipinski definition) is 4. The summed E-state index contributed by atoms with van der Waals surface area (Å²) < 4.78 is 27.7. The highest BCUT2D eigenvalue weighted by atomic mass is 35.5. The third kappa shape index (κ3) is 6.28. The SMILES string of the molecule is CN(C)c1ccccc1CC1CCC(NC(=O)c2ccccc2N(C)S(=O)(=O)c2ccc(Cl)c(Cl)c2)CC1. The maximum Gasteiger partial charge on any atom is 0.264 e. The van der Waals surface area contributed by atoms with Gasteiger partial charge in [0.05, 0.1) is 26.2 Å². The number of nitrogens with one attached hydrogen (secondary N) is 1. The Hall–Kier alpha value is -2.74. The summed E-state index contributed by atoms with van der Waals surface area (Å²) in [6, 6.07) is 19.4. The zero-order valence-corrected chi connectivity index (χ0v) is 24.2. The monoisotopic (exact) mass is 573 g/mol. The van der Waals surface area contributed by atoms with Crippen molar-refractivity contribution in [2.24, 2.45) is 5.92 Å². The lowest BCUT2D eigenvalue weighted by Gasteiger charge is -2.30. The van der Waals surface area contributed by atoms with E-state index in [0.717, 1.165) is 36.4 Å². The van der Waals surface area contributed by atoms with E-state index in [9.17, 15) is 13.2 Å². The van der Waals surface area contributed by atoms with Gasteiger partial charge in [-0.2, -0.15) is 0 Å². The van der Waals surface area contributed by atoms with E-state index in [1.807, 2.05) is 0 Å². The van der Waals surface area contributed by atoms with Gasteiger partial charge in [0.2, 0.25) is 0 Å². The molecule has 6 nitrogen and oxygen atoms in total. The van der Waals surface area contributed by atoms with Crippen molar-refractivity contribution < 1.29 is 13.2 Å². The summed E-state index contributed by atoms with van der Waals surface area (Å²) in [5.41, 5.74) is 3.20. The molecule has 38 heavy (non-hydrogen) atoms. The molecule has 1 aliphatic rings. The van der Waals surface area contributed by atoms with Crippen molar-refractivity contribution in [1.82, 2.24) is 5.32 Å². The van der Waals surface area contributed by atoms with Crippen LogP contribution in [0.4, 0.5) is 11.4 Å². The first kappa shape index (κ1) is 28.3. The van der Waals surface area contributed by atoms with Crippen LogP contribution < -0.4 is 14.5 Å². The smallest absolute Gasteiger partial charge is 0.264 e. The fourth-order valence-electron chi connectivity index (χ4n) is 5.07. The average Bonchev–Trinajstić information content (AvgIpc) is 2.91. The molecule has 0 heterocycles. The first-order valence-electron chi connectivity index (χ1n) is 12.7. The predicted octanol–water partition coefficient (Wildman–Crippen LogP) is 6.42. The molecule has 0 spiro atoms. The van der Waals surface area contributed by atoms with Crippen LogP contribution >= 0.6 is 23.2 Å². The van der Waals surface area contributed by atoms with E-state index < -0.39 is 10.0 Å². The lowest BCUT2D eigenvalue weighted by molar-refractivity contribution is 0.0922. The summed E-state index contributed by atoms with van der Waals surface area (Å²) in [5, 5.41) is 3.56. The lowest BCUT2D eigenvalue weighted by Crippen LogP contribution is -2.39. The van der Waals surface area contributed by atoms with Gasteiger partial charge >= 0.3 is 0 Å². The molecule has 1 amide bonds. The van der Waals surface area contributed by atoms with Gasteiger partial charge in [0.15, 0.2) is 0 Å². The second kappa shape index (κ2) is 12.0. The Balaban J connectivity index is 1.42. The summed E-state index contributed by atoms with van der Waals surface area (Å²) in [7, 11) is 1.60. The topological polar surface area (TPSA) is 69.7 Å². The molecule has 0 radical (unpaired) electrons. The second-order valence-corrected chi connectivity index (χ2v) is 12.8. The number of halogens is 2. The molecule has 0 atom stereocenters. The summed E-state index contributed by atoms with van der Waals surface area (Å²) in [4.78, 5) is 15.5. The highest BCUT2D eigenvalue weighted by Crippen LogP contribution is 2.32. The van der Waals surface area contributed by atoms with Gasteiger partial charge < -0.3 is 10.2 Å². The van der Waals surface area contributed by atoms with Gasteiger partial charge in [0.25, 0.3) is 15.9 Å². The molecule has 0 aliphatic heterocycles. The lowest BCUT2D eigenvalue weighted by atomic mass is 9.82. The zero-order valence-electron chi connectivity index (χ0n) is 21.8. The number of benzene rings is 3. The Morgan fingerprint density at radius 1 is 0.868 bits per heavy atom. The van der Waals surface area contributed by atoms with Gasteiger partial charge in [-0.05, 0) is 80.0 Å². The molecule has 9 heteroatoms. The average molecular weight is 575 g/mol. The number of carbonyl (C=O) groups excluding carboxylic acids is 1. The van der Waals surface area contributed by atoms with Crippen LogP contribution in [0.2, 0.25) is 10.0 Å². The van der Waals surface area contributed by atoms with Crippen LogP contribution in [0.25, 0.3) is 0 Å². The summed E-state index contributed by atoms with van der Waals surface area (Å²) in [6.45, 7) is 0. The molecule has 0 unspecified atom stereocenters. The largest absolute Gasteiger partial charge is 0.377 e. The predicted molar refractivity (Wildman–Crippen MR) is 156 cm³/mol. The van der Waals surface area contributed by atoms with Crippen LogP contribution in [-0.2, 0) is 16.4 Å². The first-order chi connectivity index (χ1) is 18.1. The van der Waals surface area contributed by atoms with Gasteiger partial charge in [0, 0.05) is 32.9 Å². The van der Waals surface area contributed by atoms with E-state index in [1.165, 1.54) is 36.5 Å². The van der Waals surface area contributed by atoms with Crippen LogP contribution in [-0.4, -0.2) is 41.5 Å². The van der Waals surface area contributed by atoms with Crippen LogP contribution in [0.3, 0.4) is 0 Å². The fourth-order valence-corrected chi connectivity index (χ4v) is 6.67. The minimum Gasteiger partial charge on any atom is -0.377 e. The van der Waals surface area contributed by atoms with Crippen molar-refractivity contribution in [1.29, 1.82) is 0 Å². The maximum absolute atomic E-state index is 13.3. The Morgan fingerprint density at radius 2 is 1.50 bits per heavy atom. The van der Waals surface area contributed by atoms with Crippen LogP contribution in [0.5, 0.6) is 0 Å². The third-order valence-electron chi connectivity index (χ3n) is 7.20. The molecule has 4 rings (SSSR count). The first-order valence-corrected chi connectivity index (χ1v) is 14.9. The Bertz CT molecular complexity index is 1400. The molecule has 1 N–H and O–H groups in total. The van der Waals surface area contributed by atoms with E-state index in [4.69, 9.17) is 23.2 Å². The molecule has 1 aliphatic carbocycles. The maximum atomic E-state index is 13.3. The van der Waals surface area contributed by atoms with Crippen LogP contribution in [0.15, 0.2) is 71.6 Å². The number of amides is 1. The van der Waals surface area contributed by atoms with E-state index in [1.54, 1.807) is 24.3 Å². The molecule has 1 saturated carbocycles. The molecule has 3 aromatic carbocycles. The van der Waals surface area contributed by atoms with Gasteiger partial charge in [0.1, 0.15) is 0 Å². The van der Waals surface area contributed by atoms with Gasteiger partial charge in [-0.15, -0.1) is 0 Å². The van der Waals surface area contributed by atoms with Crippen molar-refractivity contribution in [2.75, 3.05) is 30.3 Å². The van der Waals surface area contributed by atoms with Crippen molar-refractivity contribution in [3.63, 3.8) is 0 Å². The Labute approximate surface area is 235 Å². The normalized spacial score (nSPS) is 17.6. The number of nitrogens with zero attached hydrogens (tertiary/aromatic N) is 2. The minimum atomic E-state index is -3.96. The quantitative estimate of drug-likeness (QED) is 0.337. The number of carbonyl (C=O) groups is 1. The van der Waals surface area contributed by atoms with Crippen LogP contribution in [0.1, 0.15) is 41.6 Å². The standard InChI is InChI=1S/C29H33Cl2N3O3S/c1-33(2)27-10-6-4-8-21(27)18-20-12-14-22(15-13-20)32-29(35)24-9-5-7-11-28(24)34(3)38(36,37)23-16-17-25(30)26(31)19-23/h4-11,16-17,19-20,22H,12-15,18H2,1-3H3,(H,32,35). The van der Waals surface area contributed by atoms with E-state index in [2.05, 4.69) is 48.6 Å². The molecule has 1 fully saturated rings. The van der Waals surface area contributed by atoms with Crippen molar-refractivity contribution in [3.8, 4) is 0 Å². The van der Waals surface area contributed by atoms with Gasteiger partial charge in [-0.3, -0.25) is 9.10 Å². The number of sulfonamides is 1. The highest BCUT2D eigenvalue weighted by Gasteiger charge is 2.28. The van der Waals surface area contributed by atoms with E-state index >= 15 is 0 Å². The summed E-state index contributed by atoms with van der Waals surface area (Å²) in [5.74, 6) is 0.289. The van der Waals surface area contributed by atoms with Crippen LogP contribution in [0, 0.1) is 5.92 Å².